The molecule has 21 heavy (non-hydrogen) atoms. The predicted octanol–water partition coefficient (Wildman–Crippen LogP) is 1.01. The molecule has 0 aliphatic rings. The highest BCUT2D eigenvalue weighted by atomic mass is 32.2. The summed E-state index contributed by atoms with van der Waals surface area (Å²) in [5.74, 6) is 0.598. The molecule has 0 saturated heterocycles. The molecule has 0 radical (unpaired) electrons. The van der Waals surface area contributed by atoms with Gasteiger partial charge in [-0.15, -0.1) is 0 Å². The minimum absolute atomic E-state index is 0.197. The van der Waals surface area contributed by atoms with E-state index in [0.717, 1.165) is 0 Å². The standard InChI is InChI=1S/C13H20N2O4S2/c1-18-10-9-15(8-7-13(14)20)21(16,17)12-5-3-11(19-2)4-6-12/h3-6H,7-10H2,1-2H3,(H2,14,20). The molecule has 2 N–H and O–H groups in total. The van der Waals surface area contributed by atoms with Gasteiger partial charge in [-0.3, -0.25) is 0 Å². The first kappa shape index (κ1) is 17.8. The van der Waals surface area contributed by atoms with Crippen LogP contribution in [0.25, 0.3) is 0 Å². The Labute approximate surface area is 130 Å². The van der Waals surface area contributed by atoms with Crippen LogP contribution < -0.4 is 10.5 Å². The van der Waals surface area contributed by atoms with Crippen molar-refractivity contribution in [2.24, 2.45) is 5.73 Å². The third-order valence-corrected chi connectivity index (χ3v) is 4.97. The third kappa shape index (κ3) is 5.24. The van der Waals surface area contributed by atoms with Crippen LogP contribution in [0.5, 0.6) is 5.75 Å². The Hall–Kier alpha value is -1.22. The first-order chi connectivity index (χ1) is 9.91. The maximum atomic E-state index is 12.6. The number of nitrogens with two attached hydrogens (primary N) is 1. The van der Waals surface area contributed by atoms with Crippen LogP contribution in [-0.2, 0) is 14.8 Å². The van der Waals surface area contributed by atoms with Crippen molar-refractivity contribution in [3.05, 3.63) is 24.3 Å². The van der Waals surface area contributed by atoms with Crippen LogP contribution in [0.1, 0.15) is 6.42 Å². The normalized spacial score (nSPS) is 11.6. The van der Waals surface area contributed by atoms with E-state index in [1.807, 2.05) is 0 Å². The highest BCUT2D eigenvalue weighted by Crippen LogP contribution is 2.19. The van der Waals surface area contributed by atoms with Gasteiger partial charge in [0.25, 0.3) is 0 Å². The summed E-state index contributed by atoms with van der Waals surface area (Å²) in [4.78, 5) is 0.477. The topological polar surface area (TPSA) is 81.9 Å². The van der Waals surface area contributed by atoms with Crippen LogP contribution in [0.3, 0.4) is 0 Å². The van der Waals surface area contributed by atoms with Crippen LogP contribution >= 0.6 is 12.2 Å². The largest absolute Gasteiger partial charge is 0.497 e. The predicted molar refractivity (Wildman–Crippen MR) is 85.0 cm³/mol. The molecule has 1 rings (SSSR count). The molecule has 0 fully saturated rings. The molecule has 0 heterocycles. The number of hydrogen-bond donors (Lipinski definition) is 1. The van der Waals surface area contributed by atoms with E-state index in [1.54, 1.807) is 12.1 Å². The molecular weight excluding hydrogens is 312 g/mol. The van der Waals surface area contributed by atoms with Crippen molar-refractivity contribution in [2.75, 3.05) is 33.9 Å². The fourth-order valence-electron chi connectivity index (χ4n) is 1.68. The number of hydrogen-bond acceptors (Lipinski definition) is 5. The molecule has 0 atom stereocenters. The molecule has 0 saturated carbocycles. The number of benzene rings is 1. The zero-order chi connectivity index (χ0) is 15.9. The van der Waals surface area contributed by atoms with Crippen molar-refractivity contribution < 1.29 is 17.9 Å². The Morgan fingerprint density at radius 1 is 1.24 bits per heavy atom. The fraction of sp³-hybridized carbons (Fsp3) is 0.462. The first-order valence-corrected chi connectivity index (χ1v) is 8.18. The van der Waals surface area contributed by atoms with E-state index in [9.17, 15) is 8.42 Å². The third-order valence-electron chi connectivity index (χ3n) is 2.85. The number of nitrogens with zero attached hydrogens (tertiary/aromatic N) is 1. The van der Waals surface area contributed by atoms with E-state index >= 15 is 0 Å². The molecule has 1 aromatic carbocycles. The van der Waals surface area contributed by atoms with Gasteiger partial charge >= 0.3 is 0 Å². The molecule has 8 heteroatoms. The number of ether oxygens (including phenoxy) is 2. The zero-order valence-electron chi connectivity index (χ0n) is 12.1. The quantitative estimate of drug-likeness (QED) is 0.680. The van der Waals surface area contributed by atoms with Gasteiger partial charge in [-0.05, 0) is 24.3 Å². The summed E-state index contributed by atoms with van der Waals surface area (Å²) in [6.07, 6.45) is 0.328. The van der Waals surface area contributed by atoms with Gasteiger partial charge in [0.1, 0.15) is 5.75 Å². The van der Waals surface area contributed by atoms with E-state index < -0.39 is 10.0 Å². The van der Waals surface area contributed by atoms with Crippen molar-refractivity contribution in [3.8, 4) is 5.75 Å². The lowest BCUT2D eigenvalue weighted by atomic mass is 10.3. The van der Waals surface area contributed by atoms with E-state index in [2.05, 4.69) is 0 Å². The van der Waals surface area contributed by atoms with E-state index in [0.29, 0.717) is 18.8 Å². The average Bonchev–Trinajstić information content (AvgIpc) is 2.46. The van der Waals surface area contributed by atoms with Gasteiger partial charge in [-0.2, -0.15) is 4.31 Å². The summed E-state index contributed by atoms with van der Waals surface area (Å²) in [5.41, 5.74) is 5.45. The fourth-order valence-corrected chi connectivity index (χ4v) is 3.19. The lowest BCUT2D eigenvalue weighted by Gasteiger charge is -2.21. The first-order valence-electron chi connectivity index (χ1n) is 6.33. The van der Waals surface area contributed by atoms with Gasteiger partial charge < -0.3 is 15.2 Å². The molecule has 0 amide bonds. The summed E-state index contributed by atoms with van der Waals surface area (Å²) < 4.78 is 36.5. The van der Waals surface area contributed by atoms with E-state index in [1.165, 1.54) is 30.7 Å². The van der Waals surface area contributed by atoms with Crippen LogP contribution in [0, 0.1) is 0 Å². The second kappa shape index (κ2) is 8.28. The molecule has 0 aliphatic heterocycles. The molecule has 0 unspecified atom stereocenters. The van der Waals surface area contributed by atoms with Gasteiger partial charge in [0.2, 0.25) is 10.0 Å². The van der Waals surface area contributed by atoms with Gasteiger partial charge in [0, 0.05) is 26.6 Å². The van der Waals surface area contributed by atoms with Crippen molar-refractivity contribution in [1.82, 2.24) is 4.31 Å². The molecule has 6 nitrogen and oxygen atoms in total. The highest BCUT2D eigenvalue weighted by molar-refractivity contribution is 7.89. The van der Waals surface area contributed by atoms with Crippen molar-refractivity contribution >= 4 is 27.2 Å². The zero-order valence-corrected chi connectivity index (χ0v) is 13.7. The molecule has 0 aromatic heterocycles. The maximum absolute atomic E-state index is 12.6. The lowest BCUT2D eigenvalue weighted by molar-refractivity contribution is 0.179. The lowest BCUT2D eigenvalue weighted by Crippen LogP contribution is -2.36. The van der Waals surface area contributed by atoms with Gasteiger partial charge in [-0.25, -0.2) is 8.42 Å². The van der Waals surface area contributed by atoms with Crippen LogP contribution in [0.4, 0.5) is 0 Å². The Morgan fingerprint density at radius 3 is 2.33 bits per heavy atom. The minimum atomic E-state index is -3.61. The molecule has 0 bridgehead atoms. The van der Waals surface area contributed by atoms with Gasteiger partial charge in [0.15, 0.2) is 0 Å². The summed E-state index contributed by atoms with van der Waals surface area (Å²) in [6.45, 7) is 0.771. The smallest absolute Gasteiger partial charge is 0.243 e. The second-order valence-corrected chi connectivity index (χ2v) is 6.75. The second-order valence-electron chi connectivity index (χ2n) is 4.29. The van der Waals surface area contributed by atoms with E-state index in [4.69, 9.17) is 27.4 Å². The Balaban J connectivity index is 2.97. The van der Waals surface area contributed by atoms with Crippen molar-refractivity contribution in [2.45, 2.75) is 11.3 Å². The summed E-state index contributed by atoms with van der Waals surface area (Å²) >= 11 is 4.81. The molecule has 0 aliphatic carbocycles. The number of methoxy groups -OCH3 is 2. The average molecular weight is 332 g/mol. The van der Waals surface area contributed by atoms with E-state index in [-0.39, 0.29) is 23.0 Å². The molecule has 1 aromatic rings. The summed E-state index contributed by atoms with van der Waals surface area (Å²) in [5, 5.41) is 0. The van der Waals surface area contributed by atoms with Crippen LogP contribution in [0.2, 0.25) is 0 Å². The number of rotatable bonds is 9. The van der Waals surface area contributed by atoms with Gasteiger partial charge in [0.05, 0.1) is 23.6 Å². The SMILES string of the molecule is COCCN(CCC(N)=S)S(=O)(=O)c1ccc(OC)cc1. The highest BCUT2D eigenvalue weighted by Gasteiger charge is 2.24. The monoisotopic (exact) mass is 332 g/mol. The Bertz CT molecular complexity index is 558. The maximum Gasteiger partial charge on any atom is 0.243 e. The Morgan fingerprint density at radius 2 is 1.86 bits per heavy atom. The van der Waals surface area contributed by atoms with Crippen molar-refractivity contribution in [3.63, 3.8) is 0 Å². The van der Waals surface area contributed by atoms with Crippen LogP contribution in [0.15, 0.2) is 29.2 Å². The van der Waals surface area contributed by atoms with Gasteiger partial charge in [-0.1, -0.05) is 12.2 Å². The summed E-state index contributed by atoms with van der Waals surface area (Å²) in [7, 11) is -0.567. The number of sulfonamides is 1. The minimum Gasteiger partial charge on any atom is -0.497 e. The Kier molecular flexibility index (Phi) is 7.03. The molecular formula is C13H20N2O4S2. The molecule has 118 valence electrons. The van der Waals surface area contributed by atoms with Crippen LogP contribution in [-0.4, -0.2) is 51.6 Å². The number of thiocarbonyl (C=S) groups is 1. The molecule has 0 spiro atoms. The summed E-state index contributed by atoms with van der Waals surface area (Å²) in [6, 6.07) is 6.23. The van der Waals surface area contributed by atoms with Crippen molar-refractivity contribution in [1.29, 1.82) is 0 Å².